The van der Waals surface area contributed by atoms with Crippen molar-refractivity contribution < 1.29 is 0 Å². The molecule has 4 heteroatoms. The zero-order valence-electron chi connectivity index (χ0n) is 12.5. The second kappa shape index (κ2) is 4.86. The summed E-state index contributed by atoms with van der Waals surface area (Å²) in [7, 11) is 1.92. The molecule has 0 spiro atoms. The van der Waals surface area contributed by atoms with Crippen molar-refractivity contribution in [3.05, 3.63) is 30.1 Å². The van der Waals surface area contributed by atoms with E-state index >= 15 is 0 Å². The van der Waals surface area contributed by atoms with Crippen LogP contribution in [0.5, 0.6) is 0 Å². The zero-order chi connectivity index (χ0) is 14.4. The highest BCUT2D eigenvalue weighted by Gasteiger charge is 2.40. The molecule has 2 aromatic heterocycles. The molecule has 4 rings (SSSR count). The van der Waals surface area contributed by atoms with Gasteiger partial charge in [0.2, 0.25) is 0 Å². The predicted octanol–water partition coefficient (Wildman–Crippen LogP) is 3.04. The van der Waals surface area contributed by atoms with Crippen molar-refractivity contribution in [1.29, 1.82) is 0 Å². The third-order valence-electron chi connectivity index (χ3n) is 5.43. The number of pyridine rings is 1. The van der Waals surface area contributed by atoms with Gasteiger partial charge in [-0.25, -0.2) is 0 Å². The summed E-state index contributed by atoms with van der Waals surface area (Å²) in [5.74, 6) is 3.40. The Bertz CT molecular complexity index is 646. The lowest BCUT2D eigenvalue weighted by Gasteiger charge is -2.21. The van der Waals surface area contributed by atoms with Crippen LogP contribution >= 0.6 is 0 Å². The van der Waals surface area contributed by atoms with Crippen LogP contribution in [0.3, 0.4) is 0 Å². The number of nitrogens with zero attached hydrogens (tertiary/aromatic N) is 3. The lowest BCUT2D eigenvalue weighted by atomic mass is 9.85. The summed E-state index contributed by atoms with van der Waals surface area (Å²) in [6.45, 7) is 0. The van der Waals surface area contributed by atoms with Crippen molar-refractivity contribution in [1.82, 2.24) is 14.8 Å². The van der Waals surface area contributed by atoms with E-state index in [2.05, 4.69) is 10.1 Å². The fourth-order valence-electron chi connectivity index (χ4n) is 4.40. The topological polar surface area (TPSA) is 56.7 Å². The van der Waals surface area contributed by atoms with Crippen LogP contribution in [0, 0.1) is 17.8 Å². The number of aromatic nitrogens is 3. The Morgan fingerprint density at radius 1 is 1.29 bits per heavy atom. The molecule has 110 valence electrons. The maximum atomic E-state index is 6.25. The van der Waals surface area contributed by atoms with Crippen molar-refractivity contribution in [2.24, 2.45) is 24.8 Å². The number of aryl methyl sites for hydroxylation is 1. The van der Waals surface area contributed by atoms with Crippen molar-refractivity contribution in [2.45, 2.75) is 32.1 Å². The molecule has 3 unspecified atom stereocenters. The first-order chi connectivity index (χ1) is 10.2. The number of anilines is 1. The average molecular weight is 282 g/mol. The lowest BCUT2D eigenvalue weighted by Crippen LogP contribution is -2.14. The molecule has 2 aromatic rings. The monoisotopic (exact) mass is 282 g/mol. The van der Waals surface area contributed by atoms with E-state index in [1.54, 1.807) is 4.68 Å². The van der Waals surface area contributed by atoms with Crippen LogP contribution in [0.15, 0.2) is 24.4 Å². The number of rotatable bonds is 3. The van der Waals surface area contributed by atoms with Crippen LogP contribution in [0.1, 0.15) is 31.4 Å². The first-order valence-electron chi connectivity index (χ1n) is 7.95. The van der Waals surface area contributed by atoms with Gasteiger partial charge in [0.05, 0.1) is 17.0 Å². The normalized spacial score (nSPS) is 27.4. The standard InChI is InChI=1S/C17H22N4/c1-21-17(18)16(14-4-2-3-7-19-14)15(20-21)10-13-9-11-5-6-12(13)8-11/h2-4,7,11-13H,5-6,8-10,18H2,1H3. The van der Waals surface area contributed by atoms with Gasteiger partial charge >= 0.3 is 0 Å². The number of nitrogen functional groups attached to an aromatic ring is 1. The van der Waals surface area contributed by atoms with Gasteiger partial charge in [0, 0.05) is 13.2 Å². The van der Waals surface area contributed by atoms with Gasteiger partial charge < -0.3 is 5.73 Å². The van der Waals surface area contributed by atoms with Crippen LogP contribution in [-0.2, 0) is 13.5 Å². The number of hydrogen-bond donors (Lipinski definition) is 1. The highest BCUT2D eigenvalue weighted by atomic mass is 15.3. The Kier molecular flexibility index (Phi) is 2.98. The minimum atomic E-state index is 0.729. The van der Waals surface area contributed by atoms with Crippen LogP contribution in [0.2, 0.25) is 0 Å². The van der Waals surface area contributed by atoms with E-state index in [1.165, 1.54) is 25.7 Å². The number of hydrogen-bond acceptors (Lipinski definition) is 3. The summed E-state index contributed by atoms with van der Waals surface area (Å²) in [6.07, 6.45) is 8.55. The molecule has 2 saturated carbocycles. The molecule has 0 amide bonds. The molecule has 3 atom stereocenters. The van der Waals surface area contributed by atoms with Gasteiger partial charge in [0.25, 0.3) is 0 Å². The van der Waals surface area contributed by atoms with Gasteiger partial charge in [-0.1, -0.05) is 12.5 Å². The maximum Gasteiger partial charge on any atom is 0.131 e. The van der Waals surface area contributed by atoms with Gasteiger partial charge in [-0.3, -0.25) is 9.67 Å². The Morgan fingerprint density at radius 3 is 2.86 bits per heavy atom. The van der Waals surface area contributed by atoms with Gasteiger partial charge in [0.15, 0.2) is 0 Å². The fraction of sp³-hybridized carbons (Fsp3) is 0.529. The van der Waals surface area contributed by atoms with Crippen LogP contribution in [-0.4, -0.2) is 14.8 Å². The summed E-state index contributed by atoms with van der Waals surface area (Å²) >= 11 is 0. The lowest BCUT2D eigenvalue weighted by molar-refractivity contribution is 0.329. The SMILES string of the molecule is Cn1nc(CC2CC3CCC2C3)c(-c2ccccn2)c1N. The minimum absolute atomic E-state index is 0.729. The van der Waals surface area contributed by atoms with E-state index in [1.807, 2.05) is 31.4 Å². The molecule has 0 aliphatic heterocycles. The van der Waals surface area contributed by atoms with E-state index in [9.17, 15) is 0 Å². The Hall–Kier alpha value is -1.84. The molecule has 2 N–H and O–H groups in total. The first kappa shape index (κ1) is 12.9. The molecule has 21 heavy (non-hydrogen) atoms. The number of nitrogens with two attached hydrogens (primary N) is 1. The third kappa shape index (κ3) is 2.13. The maximum absolute atomic E-state index is 6.25. The highest BCUT2D eigenvalue weighted by Crippen LogP contribution is 2.49. The smallest absolute Gasteiger partial charge is 0.131 e. The summed E-state index contributed by atoms with van der Waals surface area (Å²) < 4.78 is 1.80. The second-order valence-electron chi connectivity index (χ2n) is 6.68. The van der Waals surface area contributed by atoms with Crippen molar-refractivity contribution in [3.8, 4) is 11.3 Å². The van der Waals surface area contributed by atoms with Crippen molar-refractivity contribution in [2.75, 3.05) is 5.73 Å². The molecule has 2 fully saturated rings. The molecular weight excluding hydrogens is 260 g/mol. The molecule has 2 heterocycles. The van der Waals surface area contributed by atoms with Gasteiger partial charge in [-0.2, -0.15) is 5.10 Å². The Labute approximate surface area is 125 Å². The molecule has 2 aliphatic rings. The molecule has 0 saturated heterocycles. The van der Waals surface area contributed by atoms with E-state index in [4.69, 9.17) is 5.73 Å². The molecule has 4 nitrogen and oxygen atoms in total. The molecule has 0 radical (unpaired) electrons. The summed E-state index contributed by atoms with van der Waals surface area (Å²) in [5, 5.41) is 4.69. The number of fused-ring (bicyclic) bond motifs is 2. The summed E-state index contributed by atoms with van der Waals surface area (Å²) in [4.78, 5) is 4.47. The van der Waals surface area contributed by atoms with Crippen molar-refractivity contribution in [3.63, 3.8) is 0 Å². The Morgan fingerprint density at radius 2 is 2.19 bits per heavy atom. The second-order valence-corrected chi connectivity index (χ2v) is 6.68. The van der Waals surface area contributed by atoms with Gasteiger partial charge in [-0.15, -0.1) is 0 Å². The largest absolute Gasteiger partial charge is 0.383 e. The van der Waals surface area contributed by atoms with Gasteiger partial charge in [-0.05, 0) is 55.6 Å². The zero-order valence-corrected chi connectivity index (χ0v) is 12.5. The highest BCUT2D eigenvalue weighted by molar-refractivity contribution is 5.73. The summed E-state index contributed by atoms with van der Waals surface area (Å²) in [5.41, 5.74) is 9.36. The molecular formula is C17H22N4. The van der Waals surface area contributed by atoms with Crippen LogP contribution < -0.4 is 5.73 Å². The Balaban J connectivity index is 1.68. The quantitative estimate of drug-likeness (QED) is 0.941. The summed E-state index contributed by atoms with van der Waals surface area (Å²) in [6, 6.07) is 5.97. The van der Waals surface area contributed by atoms with E-state index in [0.717, 1.165) is 46.9 Å². The van der Waals surface area contributed by atoms with Crippen LogP contribution in [0.25, 0.3) is 11.3 Å². The molecule has 0 aromatic carbocycles. The average Bonchev–Trinajstić information content (AvgIpc) is 3.17. The molecule has 2 aliphatic carbocycles. The molecule has 2 bridgehead atoms. The third-order valence-corrected chi connectivity index (χ3v) is 5.43. The van der Waals surface area contributed by atoms with Crippen LogP contribution in [0.4, 0.5) is 5.82 Å². The first-order valence-corrected chi connectivity index (χ1v) is 7.95. The minimum Gasteiger partial charge on any atom is -0.383 e. The van der Waals surface area contributed by atoms with E-state index in [0.29, 0.717) is 0 Å². The van der Waals surface area contributed by atoms with Crippen molar-refractivity contribution >= 4 is 5.82 Å². The predicted molar refractivity (Wildman–Crippen MR) is 83.5 cm³/mol. The van der Waals surface area contributed by atoms with E-state index < -0.39 is 0 Å². The fourth-order valence-corrected chi connectivity index (χ4v) is 4.40. The van der Waals surface area contributed by atoms with E-state index in [-0.39, 0.29) is 0 Å². The van der Waals surface area contributed by atoms with Gasteiger partial charge in [0.1, 0.15) is 5.82 Å².